The smallest absolute Gasteiger partial charge is 0.253 e. The zero-order valence-corrected chi connectivity index (χ0v) is 5.19. The molecular formula is C6H11F2N. The number of nitrogens with two attached hydrogens (primary N) is 1. The standard InChI is InChI=1S/C6H11F2N/c7-6(8)5(9)4-2-1-3-4/h4-6H,1-3,9H2/t5-/m1/s1. The lowest BCUT2D eigenvalue weighted by atomic mass is 9.80. The topological polar surface area (TPSA) is 26.0 Å². The van der Waals surface area contributed by atoms with Crippen LogP contribution < -0.4 is 5.73 Å². The van der Waals surface area contributed by atoms with Gasteiger partial charge in [-0.2, -0.15) is 0 Å². The molecular weight excluding hydrogens is 124 g/mol. The third kappa shape index (κ3) is 1.39. The molecule has 1 nitrogen and oxygen atoms in total. The summed E-state index contributed by atoms with van der Waals surface area (Å²) in [5.74, 6) is 0.102. The SMILES string of the molecule is N[C@@H](C(F)F)C1CCC1. The predicted octanol–water partition coefficient (Wildman–Crippen LogP) is 1.38. The van der Waals surface area contributed by atoms with Gasteiger partial charge >= 0.3 is 0 Å². The van der Waals surface area contributed by atoms with Gasteiger partial charge in [0.1, 0.15) is 0 Å². The van der Waals surface area contributed by atoms with Gasteiger partial charge in [0.25, 0.3) is 6.43 Å². The Balaban J connectivity index is 2.23. The highest BCUT2D eigenvalue weighted by molar-refractivity contribution is 4.81. The monoisotopic (exact) mass is 135 g/mol. The van der Waals surface area contributed by atoms with E-state index in [0.29, 0.717) is 0 Å². The lowest BCUT2D eigenvalue weighted by molar-refractivity contribution is 0.0651. The van der Waals surface area contributed by atoms with Crippen LogP contribution in [0.25, 0.3) is 0 Å². The largest absolute Gasteiger partial charge is 0.323 e. The summed E-state index contributed by atoms with van der Waals surface area (Å²) >= 11 is 0. The van der Waals surface area contributed by atoms with Crippen LogP contribution in [0, 0.1) is 5.92 Å². The van der Waals surface area contributed by atoms with Crippen molar-refractivity contribution in [3.63, 3.8) is 0 Å². The molecule has 1 aliphatic rings. The summed E-state index contributed by atoms with van der Waals surface area (Å²) in [7, 11) is 0. The lowest BCUT2D eigenvalue weighted by Gasteiger charge is -2.30. The van der Waals surface area contributed by atoms with Crippen LogP contribution in [0.5, 0.6) is 0 Å². The molecule has 1 aliphatic carbocycles. The zero-order valence-electron chi connectivity index (χ0n) is 5.19. The van der Waals surface area contributed by atoms with Crippen LogP contribution in [0.3, 0.4) is 0 Å². The highest BCUT2D eigenvalue weighted by Gasteiger charge is 2.30. The van der Waals surface area contributed by atoms with E-state index in [1.165, 1.54) is 0 Å². The van der Waals surface area contributed by atoms with Gasteiger partial charge in [0.2, 0.25) is 0 Å². The molecule has 0 aliphatic heterocycles. The number of hydrogen-bond donors (Lipinski definition) is 1. The van der Waals surface area contributed by atoms with E-state index in [1.54, 1.807) is 0 Å². The van der Waals surface area contributed by atoms with Gasteiger partial charge in [0.15, 0.2) is 0 Å². The summed E-state index contributed by atoms with van der Waals surface area (Å²) in [6, 6.07) is -0.862. The van der Waals surface area contributed by atoms with E-state index in [2.05, 4.69) is 0 Å². The van der Waals surface area contributed by atoms with Crippen LogP contribution in [0.1, 0.15) is 19.3 Å². The van der Waals surface area contributed by atoms with E-state index in [9.17, 15) is 8.78 Å². The highest BCUT2D eigenvalue weighted by Crippen LogP contribution is 2.30. The molecule has 1 rings (SSSR count). The number of hydrogen-bond acceptors (Lipinski definition) is 1. The first-order valence-electron chi connectivity index (χ1n) is 3.25. The normalized spacial score (nSPS) is 24.0. The first kappa shape index (κ1) is 6.93. The fourth-order valence-corrected chi connectivity index (χ4v) is 1.03. The van der Waals surface area contributed by atoms with Crippen LogP contribution in [0.2, 0.25) is 0 Å². The van der Waals surface area contributed by atoms with Gasteiger partial charge in [-0.05, 0) is 18.8 Å². The summed E-state index contributed by atoms with van der Waals surface area (Å²) in [4.78, 5) is 0. The average molecular weight is 135 g/mol. The fourth-order valence-electron chi connectivity index (χ4n) is 1.03. The van der Waals surface area contributed by atoms with Crippen LogP contribution in [-0.4, -0.2) is 12.5 Å². The van der Waals surface area contributed by atoms with Crippen LogP contribution in [0.4, 0.5) is 8.78 Å². The van der Waals surface area contributed by atoms with Gasteiger partial charge in [-0.1, -0.05) is 6.42 Å². The van der Waals surface area contributed by atoms with Crippen LogP contribution in [0.15, 0.2) is 0 Å². The Labute approximate surface area is 53.2 Å². The van der Waals surface area contributed by atoms with Crippen molar-refractivity contribution in [3.8, 4) is 0 Å². The van der Waals surface area contributed by atoms with Crippen molar-refractivity contribution in [2.75, 3.05) is 0 Å². The van der Waals surface area contributed by atoms with Gasteiger partial charge in [-0.15, -0.1) is 0 Å². The predicted molar refractivity (Wildman–Crippen MR) is 31.3 cm³/mol. The van der Waals surface area contributed by atoms with Crippen molar-refractivity contribution in [2.24, 2.45) is 11.7 Å². The number of alkyl halides is 2. The minimum atomic E-state index is -2.32. The second-order valence-electron chi connectivity index (χ2n) is 2.60. The Bertz CT molecular complexity index is 91.1. The van der Waals surface area contributed by atoms with Gasteiger partial charge in [0.05, 0.1) is 6.04 Å². The summed E-state index contributed by atoms with van der Waals surface area (Å²) in [6.07, 6.45) is 0.539. The minimum Gasteiger partial charge on any atom is -0.323 e. The molecule has 0 spiro atoms. The van der Waals surface area contributed by atoms with Crippen molar-refractivity contribution < 1.29 is 8.78 Å². The summed E-state index contributed by atoms with van der Waals surface area (Å²) < 4.78 is 23.5. The first-order chi connectivity index (χ1) is 4.22. The van der Waals surface area contributed by atoms with Crippen molar-refractivity contribution in [1.82, 2.24) is 0 Å². The first-order valence-corrected chi connectivity index (χ1v) is 3.25. The second kappa shape index (κ2) is 2.60. The lowest BCUT2D eigenvalue weighted by Crippen LogP contribution is -2.40. The van der Waals surface area contributed by atoms with Gasteiger partial charge in [0, 0.05) is 0 Å². The van der Waals surface area contributed by atoms with Crippen molar-refractivity contribution in [3.05, 3.63) is 0 Å². The van der Waals surface area contributed by atoms with Crippen LogP contribution in [-0.2, 0) is 0 Å². The summed E-state index contributed by atoms with van der Waals surface area (Å²) in [6.45, 7) is 0. The molecule has 2 N–H and O–H groups in total. The molecule has 0 amide bonds. The summed E-state index contributed by atoms with van der Waals surface area (Å²) in [5, 5.41) is 0. The minimum absolute atomic E-state index is 0.102. The number of halogens is 2. The Hall–Kier alpha value is -0.180. The summed E-state index contributed by atoms with van der Waals surface area (Å²) in [5.41, 5.74) is 5.17. The molecule has 0 heterocycles. The van der Waals surface area contributed by atoms with E-state index in [1.807, 2.05) is 0 Å². The van der Waals surface area contributed by atoms with Gasteiger partial charge in [-0.3, -0.25) is 0 Å². The average Bonchev–Trinajstić information content (AvgIpc) is 1.60. The maximum Gasteiger partial charge on any atom is 0.253 e. The van der Waals surface area contributed by atoms with Gasteiger partial charge in [-0.25, -0.2) is 8.78 Å². The van der Waals surface area contributed by atoms with E-state index < -0.39 is 12.5 Å². The third-order valence-corrected chi connectivity index (χ3v) is 1.99. The quantitative estimate of drug-likeness (QED) is 0.608. The molecule has 0 aromatic heterocycles. The second-order valence-corrected chi connectivity index (χ2v) is 2.60. The van der Waals surface area contributed by atoms with Gasteiger partial charge < -0.3 is 5.73 Å². The van der Waals surface area contributed by atoms with Crippen molar-refractivity contribution in [1.29, 1.82) is 0 Å². The van der Waals surface area contributed by atoms with E-state index in [-0.39, 0.29) is 5.92 Å². The molecule has 0 aromatic rings. The molecule has 1 fully saturated rings. The Kier molecular flexibility index (Phi) is 2.01. The molecule has 3 heteroatoms. The molecule has 1 atom stereocenters. The molecule has 0 bridgehead atoms. The van der Waals surface area contributed by atoms with E-state index in [0.717, 1.165) is 19.3 Å². The van der Waals surface area contributed by atoms with Crippen molar-refractivity contribution >= 4 is 0 Å². The fraction of sp³-hybridized carbons (Fsp3) is 1.00. The maximum atomic E-state index is 11.8. The molecule has 0 aromatic carbocycles. The Morgan fingerprint density at radius 1 is 1.33 bits per heavy atom. The molecule has 0 saturated heterocycles. The Morgan fingerprint density at radius 3 is 2.00 bits per heavy atom. The number of rotatable bonds is 2. The van der Waals surface area contributed by atoms with Crippen LogP contribution >= 0.6 is 0 Å². The molecule has 0 radical (unpaired) electrons. The van der Waals surface area contributed by atoms with E-state index >= 15 is 0 Å². The Morgan fingerprint density at radius 2 is 1.89 bits per heavy atom. The molecule has 54 valence electrons. The zero-order chi connectivity index (χ0) is 6.85. The maximum absolute atomic E-state index is 11.8. The van der Waals surface area contributed by atoms with Crippen molar-refractivity contribution in [2.45, 2.75) is 31.7 Å². The molecule has 9 heavy (non-hydrogen) atoms. The third-order valence-electron chi connectivity index (χ3n) is 1.99. The highest BCUT2D eigenvalue weighted by atomic mass is 19.3. The molecule has 0 unspecified atom stereocenters. The molecule has 1 saturated carbocycles. The van der Waals surface area contributed by atoms with E-state index in [4.69, 9.17) is 5.73 Å².